The third kappa shape index (κ3) is 1.95. The lowest BCUT2D eigenvalue weighted by Crippen LogP contribution is -2.10. The van der Waals surface area contributed by atoms with E-state index in [0.29, 0.717) is 0 Å². The minimum absolute atomic E-state index is 0.110. The zero-order valence-corrected chi connectivity index (χ0v) is 8.90. The summed E-state index contributed by atoms with van der Waals surface area (Å²) in [6.07, 6.45) is 0. The summed E-state index contributed by atoms with van der Waals surface area (Å²) >= 11 is 2.07. The molecule has 0 aliphatic heterocycles. The zero-order chi connectivity index (χ0) is 8.65. The van der Waals surface area contributed by atoms with Crippen molar-refractivity contribution < 1.29 is 8.81 Å². The van der Waals surface area contributed by atoms with Gasteiger partial charge >= 0.3 is 0 Å². The van der Waals surface area contributed by atoms with Gasteiger partial charge in [0.2, 0.25) is 0 Å². The molecular formula is C8H10FIO. The number of rotatable bonds is 0. The van der Waals surface area contributed by atoms with Crippen LogP contribution < -0.4 is 0 Å². The first-order valence-corrected chi connectivity index (χ1v) is 4.44. The van der Waals surface area contributed by atoms with Crippen LogP contribution in [0.4, 0.5) is 4.39 Å². The van der Waals surface area contributed by atoms with Crippen molar-refractivity contribution in [3.05, 3.63) is 21.4 Å². The van der Waals surface area contributed by atoms with Crippen molar-refractivity contribution in [2.45, 2.75) is 26.2 Å². The summed E-state index contributed by atoms with van der Waals surface area (Å²) < 4.78 is 18.3. The van der Waals surface area contributed by atoms with E-state index in [2.05, 4.69) is 22.6 Å². The van der Waals surface area contributed by atoms with E-state index in [4.69, 9.17) is 4.42 Å². The smallest absolute Gasteiger partial charge is 0.279 e. The van der Waals surface area contributed by atoms with Crippen molar-refractivity contribution in [1.29, 1.82) is 0 Å². The van der Waals surface area contributed by atoms with E-state index in [0.717, 1.165) is 9.33 Å². The second-order valence-electron chi connectivity index (χ2n) is 3.48. The van der Waals surface area contributed by atoms with Gasteiger partial charge in [-0.1, -0.05) is 20.8 Å². The lowest BCUT2D eigenvalue weighted by molar-refractivity contribution is 0.302. The highest BCUT2D eigenvalue weighted by Crippen LogP contribution is 2.28. The highest BCUT2D eigenvalue weighted by molar-refractivity contribution is 14.1. The molecule has 1 heterocycles. The number of furan rings is 1. The summed E-state index contributed by atoms with van der Waals surface area (Å²) in [5.41, 5.74) is -0.110. The Balaban J connectivity index is 3.13. The van der Waals surface area contributed by atoms with Gasteiger partial charge in [-0.05, 0) is 22.6 Å². The van der Waals surface area contributed by atoms with Crippen molar-refractivity contribution >= 4 is 22.6 Å². The minimum Gasteiger partial charge on any atom is -0.434 e. The van der Waals surface area contributed by atoms with Crippen molar-refractivity contribution in [3.63, 3.8) is 0 Å². The molecule has 1 nitrogen and oxygen atoms in total. The molecule has 0 aromatic carbocycles. The van der Waals surface area contributed by atoms with Crippen LogP contribution in [0.1, 0.15) is 26.5 Å². The van der Waals surface area contributed by atoms with E-state index in [-0.39, 0.29) is 5.41 Å². The summed E-state index contributed by atoms with van der Waals surface area (Å²) in [7, 11) is 0. The van der Waals surface area contributed by atoms with Crippen molar-refractivity contribution in [3.8, 4) is 0 Å². The molecule has 0 radical (unpaired) electrons. The molecule has 0 amide bonds. The van der Waals surface area contributed by atoms with Gasteiger partial charge < -0.3 is 4.42 Å². The molecule has 11 heavy (non-hydrogen) atoms. The van der Waals surface area contributed by atoms with Gasteiger partial charge in [-0.2, -0.15) is 4.39 Å². The molecule has 0 aliphatic rings. The van der Waals surface area contributed by atoms with Gasteiger partial charge in [0, 0.05) is 11.5 Å². The summed E-state index contributed by atoms with van der Waals surface area (Å²) in [6.45, 7) is 5.98. The first-order valence-electron chi connectivity index (χ1n) is 3.36. The predicted octanol–water partition coefficient (Wildman–Crippen LogP) is 3.32. The molecule has 1 aromatic rings. The van der Waals surface area contributed by atoms with Crippen LogP contribution in [-0.2, 0) is 5.41 Å². The maximum atomic E-state index is 12.5. The van der Waals surface area contributed by atoms with Gasteiger partial charge in [0.15, 0.2) is 0 Å². The van der Waals surface area contributed by atoms with Crippen LogP contribution in [0.3, 0.4) is 0 Å². The van der Waals surface area contributed by atoms with Crippen LogP contribution in [0.15, 0.2) is 10.5 Å². The van der Waals surface area contributed by atoms with Gasteiger partial charge in [-0.15, -0.1) is 0 Å². The van der Waals surface area contributed by atoms with E-state index in [1.807, 2.05) is 20.8 Å². The second kappa shape index (κ2) is 2.77. The SMILES string of the molecule is CC(C)(C)c1oc(F)cc1I. The lowest BCUT2D eigenvalue weighted by Gasteiger charge is -2.14. The Morgan fingerprint density at radius 3 is 2.18 bits per heavy atom. The third-order valence-corrected chi connectivity index (χ3v) is 2.14. The Labute approximate surface area is 79.1 Å². The normalized spacial score (nSPS) is 12.1. The number of halogens is 2. The standard InChI is InChI=1S/C8H10FIO/c1-8(2,3)7-5(10)4-6(9)11-7/h4H,1-3H3. The lowest BCUT2D eigenvalue weighted by atomic mass is 9.94. The van der Waals surface area contributed by atoms with E-state index in [1.165, 1.54) is 6.07 Å². The number of hydrogen-bond donors (Lipinski definition) is 0. The van der Waals surface area contributed by atoms with Crippen LogP contribution in [0.2, 0.25) is 0 Å². The summed E-state index contributed by atoms with van der Waals surface area (Å²) in [4.78, 5) is 0. The Hall–Kier alpha value is -0.0600. The molecule has 0 aliphatic carbocycles. The first-order chi connectivity index (χ1) is 4.91. The topological polar surface area (TPSA) is 13.1 Å². The van der Waals surface area contributed by atoms with Gasteiger partial charge in [0.05, 0.1) is 3.57 Å². The maximum absolute atomic E-state index is 12.5. The largest absolute Gasteiger partial charge is 0.434 e. The van der Waals surface area contributed by atoms with Gasteiger partial charge in [-0.25, -0.2) is 0 Å². The molecule has 0 saturated carbocycles. The molecule has 0 N–H and O–H groups in total. The summed E-state index contributed by atoms with van der Waals surface area (Å²) in [6, 6.07) is 0.903. The fourth-order valence-electron chi connectivity index (χ4n) is 0.852. The molecule has 0 saturated heterocycles. The monoisotopic (exact) mass is 268 g/mol. The highest BCUT2D eigenvalue weighted by atomic mass is 127. The van der Waals surface area contributed by atoms with Crippen LogP contribution in [0.5, 0.6) is 0 Å². The Kier molecular flexibility index (Phi) is 2.27. The zero-order valence-electron chi connectivity index (χ0n) is 6.74. The summed E-state index contributed by atoms with van der Waals surface area (Å²) in [5, 5.41) is 0. The molecule has 62 valence electrons. The third-order valence-electron chi connectivity index (χ3n) is 1.34. The maximum Gasteiger partial charge on any atom is 0.279 e. The van der Waals surface area contributed by atoms with E-state index in [1.54, 1.807) is 0 Å². The molecule has 3 heteroatoms. The number of hydrogen-bond acceptors (Lipinski definition) is 1. The predicted molar refractivity (Wildman–Crippen MR) is 50.1 cm³/mol. The fourth-order valence-corrected chi connectivity index (χ4v) is 2.02. The molecule has 0 fully saturated rings. The first kappa shape index (κ1) is 9.03. The minimum atomic E-state index is -0.501. The van der Waals surface area contributed by atoms with Crippen LogP contribution in [0.25, 0.3) is 0 Å². The molecule has 0 unspecified atom stereocenters. The average molecular weight is 268 g/mol. The quantitative estimate of drug-likeness (QED) is 0.658. The van der Waals surface area contributed by atoms with Crippen molar-refractivity contribution in [2.75, 3.05) is 0 Å². The van der Waals surface area contributed by atoms with Gasteiger partial charge in [0.1, 0.15) is 5.76 Å². The molecule has 0 spiro atoms. The van der Waals surface area contributed by atoms with E-state index >= 15 is 0 Å². The molecule has 1 rings (SSSR count). The molecular weight excluding hydrogens is 258 g/mol. The van der Waals surface area contributed by atoms with Gasteiger partial charge in [0.25, 0.3) is 6.01 Å². The van der Waals surface area contributed by atoms with Crippen LogP contribution >= 0.6 is 22.6 Å². The Morgan fingerprint density at radius 2 is 2.00 bits per heavy atom. The molecule has 0 atom stereocenters. The Bertz CT molecular complexity index is 260. The van der Waals surface area contributed by atoms with E-state index in [9.17, 15) is 4.39 Å². The Morgan fingerprint density at radius 1 is 1.45 bits per heavy atom. The fraction of sp³-hybridized carbons (Fsp3) is 0.500. The summed E-state index contributed by atoms with van der Waals surface area (Å²) in [5.74, 6) is 0.718. The highest BCUT2D eigenvalue weighted by Gasteiger charge is 2.22. The second-order valence-corrected chi connectivity index (χ2v) is 4.64. The van der Waals surface area contributed by atoms with Crippen LogP contribution in [0, 0.1) is 9.58 Å². The van der Waals surface area contributed by atoms with Crippen molar-refractivity contribution in [1.82, 2.24) is 0 Å². The van der Waals surface area contributed by atoms with Gasteiger partial charge in [-0.3, -0.25) is 0 Å². The molecule has 0 bridgehead atoms. The van der Waals surface area contributed by atoms with E-state index < -0.39 is 6.01 Å². The molecule has 1 aromatic heterocycles. The van der Waals surface area contributed by atoms with Crippen LogP contribution in [-0.4, -0.2) is 0 Å². The average Bonchev–Trinajstić information content (AvgIpc) is 2.08. The van der Waals surface area contributed by atoms with Crippen molar-refractivity contribution in [2.24, 2.45) is 0 Å².